The number of carbonyl (C=O) groups excluding carboxylic acids is 2. The Labute approximate surface area is 223 Å². The number of anilines is 1. The largest absolute Gasteiger partial charge is 0.355 e. The number of rotatable bonds is 7. The highest BCUT2D eigenvalue weighted by molar-refractivity contribution is 8.00. The van der Waals surface area contributed by atoms with Crippen molar-refractivity contribution in [1.29, 1.82) is 0 Å². The molecule has 3 heterocycles. The molecule has 0 bridgehead atoms. The van der Waals surface area contributed by atoms with Gasteiger partial charge >= 0.3 is 0 Å². The lowest BCUT2D eigenvalue weighted by Gasteiger charge is -2.23. The van der Waals surface area contributed by atoms with Crippen molar-refractivity contribution < 1.29 is 14.0 Å². The number of thioether (sulfide) groups is 1. The first-order chi connectivity index (χ1) is 18.0. The van der Waals surface area contributed by atoms with Gasteiger partial charge in [-0.15, -0.1) is 23.1 Å². The van der Waals surface area contributed by atoms with Gasteiger partial charge in [0.1, 0.15) is 18.2 Å². The monoisotopic (exact) mass is 534 g/mol. The van der Waals surface area contributed by atoms with Crippen LogP contribution < -0.4 is 10.2 Å². The maximum absolute atomic E-state index is 13.8. The van der Waals surface area contributed by atoms with Crippen LogP contribution in [0.25, 0.3) is 16.9 Å². The Morgan fingerprint density at radius 1 is 1.14 bits per heavy atom. The van der Waals surface area contributed by atoms with Gasteiger partial charge in [0.05, 0.1) is 22.4 Å². The van der Waals surface area contributed by atoms with Gasteiger partial charge in [-0.05, 0) is 54.6 Å². The van der Waals surface area contributed by atoms with Crippen molar-refractivity contribution >= 4 is 40.7 Å². The fourth-order valence-corrected chi connectivity index (χ4v) is 6.89. The highest BCUT2D eigenvalue weighted by Gasteiger charge is 2.38. The van der Waals surface area contributed by atoms with Crippen LogP contribution in [-0.2, 0) is 9.59 Å². The lowest BCUT2D eigenvalue weighted by Crippen LogP contribution is -2.42. The van der Waals surface area contributed by atoms with E-state index in [1.807, 2.05) is 37.3 Å². The number of halogens is 1. The van der Waals surface area contributed by atoms with Gasteiger partial charge in [0.15, 0.2) is 0 Å². The minimum atomic E-state index is -0.361. The van der Waals surface area contributed by atoms with Crippen molar-refractivity contribution in [1.82, 2.24) is 15.1 Å². The molecule has 190 valence electrons. The summed E-state index contributed by atoms with van der Waals surface area (Å²) in [5.74, 6) is 0.00210. The molecule has 5 rings (SSSR count). The van der Waals surface area contributed by atoms with Gasteiger partial charge in [0.25, 0.3) is 0 Å². The zero-order valence-corrected chi connectivity index (χ0v) is 22.2. The average Bonchev–Trinajstić information content (AvgIpc) is 3.48. The molecule has 1 atom stereocenters. The molecule has 1 aliphatic rings. The summed E-state index contributed by atoms with van der Waals surface area (Å²) in [5.41, 5.74) is 4.27. The van der Waals surface area contributed by atoms with Gasteiger partial charge < -0.3 is 5.32 Å². The molecule has 0 aliphatic carbocycles. The van der Waals surface area contributed by atoms with Gasteiger partial charge in [-0.2, -0.15) is 5.10 Å². The summed E-state index contributed by atoms with van der Waals surface area (Å²) in [5, 5.41) is 9.79. The van der Waals surface area contributed by atoms with Crippen molar-refractivity contribution in [2.45, 2.75) is 25.5 Å². The molecule has 0 fully saturated rings. The Kier molecular flexibility index (Phi) is 7.43. The van der Waals surface area contributed by atoms with E-state index in [0.717, 1.165) is 33.7 Å². The van der Waals surface area contributed by atoms with E-state index in [-0.39, 0.29) is 35.2 Å². The molecule has 2 amide bonds. The molecule has 9 heteroatoms. The predicted molar refractivity (Wildman–Crippen MR) is 148 cm³/mol. The normalized spacial score (nSPS) is 15.4. The minimum Gasteiger partial charge on any atom is -0.355 e. The zero-order chi connectivity index (χ0) is 25.9. The van der Waals surface area contributed by atoms with E-state index in [2.05, 4.69) is 23.7 Å². The highest BCUT2D eigenvalue weighted by Crippen LogP contribution is 2.50. The van der Waals surface area contributed by atoms with Crippen molar-refractivity contribution in [3.05, 3.63) is 87.9 Å². The topological polar surface area (TPSA) is 67.2 Å². The Hall–Kier alpha value is -3.43. The molecule has 0 saturated carbocycles. The minimum absolute atomic E-state index is 0.121. The van der Waals surface area contributed by atoms with E-state index in [1.165, 1.54) is 12.1 Å². The van der Waals surface area contributed by atoms with Gasteiger partial charge in [-0.3, -0.25) is 14.5 Å². The summed E-state index contributed by atoms with van der Waals surface area (Å²) in [6, 6.07) is 17.9. The fourth-order valence-electron chi connectivity index (χ4n) is 4.41. The fraction of sp³-hybridized carbons (Fsp3) is 0.250. The van der Waals surface area contributed by atoms with Gasteiger partial charge in [-0.1, -0.05) is 37.3 Å². The van der Waals surface area contributed by atoms with Crippen LogP contribution in [0.1, 0.15) is 34.6 Å². The second kappa shape index (κ2) is 10.9. The van der Waals surface area contributed by atoms with Crippen LogP contribution in [0.5, 0.6) is 0 Å². The smallest absolute Gasteiger partial charge is 0.240 e. The van der Waals surface area contributed by atoms with E-state index in [4.69, 9.17) is 5.10 Å². The lowest BCUT2D eigenvalue weighted by atomic mass is 10.0. The number of fused-ring (bicyclic) bond motifs is 1. The molecule has 4 aromatic rings. The number of hydrogen-bond acceptors (Lipinski definition) is 5. The third-order valence-electron chi connectivity index (χ3n) is 6.22. The molecule has 0 unspecified atom stereocenters. The molecule has 2 aromatic carbocycles. The number of benzene rings is 2. The maximum Gasteiger partial charge on any atom is 0.240 e. The number of amides is 2. The van der Waals surface area contributed by atoms with Crippen molar-refractivity contribution in [3.63, 3.8) is 0 Å². The van der Waals surface area contributed by atoms with E-state index < -0.39 is 0 Å². The SMILES string of the molecule is CCCNC(=O)CN1C(=O)CS[C@@H](c2sccc2C)c2c(-c3ccccc3)nn(-c3ccc(F)cc3)c21. The molecule has 0 saturated heterocycles. The van der Waals surface area contributed by atoms with E-state index in [0.29, 0.717) is 18.1 Å². The molecule has 0 radical (unpaired) electrons. The number of nitrogens with zero attached hydrogens (tertiary/aromatic N) is 3. The summed E-state index contributed by atoms with van der Waals surface area (Å²) in [7, 11) is 0. The van der Waals surface area contributed by atoms with E-state index in [1.54, 1.807) is 44.8 Å². The molecule has 2 aromatic heterocycles. The molecule has 37 heavy (non-hydrogen) atoms. The number of hydrogen-bond donors (Lipinski definition) is 1. The van der Waals surface area contributed by atoms with E-state index >= 15 is 0 Å². The average molecular weight is 535 g/mol. The summed E-state index contributed by atoms with van der Waals surface area (Å²) < 4.78 is 15.5. The third-order valence-corrected chi connectivity index (χ3v) is 8.67. The summed E-state index contributed by atoms with van der Waals surface area (Å²) >= 11 is 3.20. The van der Waals surface area contributed by atoms with Crippen molar-refractivity contribution in [3.8, 4) is 16.9 Å². The first-order valence-corrected chi connectivity index (χ1v) is 14.1. The van der Waals surface area contributed by atoms with Crippen LogP contribution in [-0.4, -0.2) is 40.4 Å². The zero-order valence-electron chi connectivity index (χ0n) is 20.6. The number of carbonyl (C=O) groups is 2. The van der Waals surface area contributed by atoms with Gasteiger partial charge in [-0.25, -0.2) is 9.07 Å². The van der Waals surface area contributed by atoms with Crippen LogP contribution in [0.3, 0.4) is 0 Å². The summed E-state index contributed by atoms with van der Waals surface area (Å²) in [6.45, 7) is 4.47. The number of aromatic nitrogens is 2. The quantitative estimate of drug-likeness (QED) is 0.328. The first kappa shape index (κ1) is 25.2. The van der Waals surface area contributed by atoms with Crippen LogP contribution in [0.4, 0.5) is 10.2 Å². The standard InChI is InChI=1S/C28H27FN4O2S2/c1-3-14-30-22(34)16-32-23(35)17-37-27(26-18(2)13-15-36-26)24-25(19-7-5-4-6-8-19)31-33(28(24)32)21-11-9-20(29)10-12-21/h4-13,15,27H,3,14,16-17H2,1-2H3,(H,30,34)/t27-/m1/s1. The molecule has 1 N–H and O–H groups in total. The molecule has 0 spiro atoms. The Balaban J connectivity index is 1.78. The lowest BCUT2D eigenvalue weighted by molar-refractivity contribution is -0.122. The van der Waals surface area contributed by atoms with Crippen LogP contribution in [0.15, 0.2) is 66.0 Å². The Morgan fingerprint density at radius 3 is 2.57 bits per heavy atom. The van der Waals surface area contributed by atoms with Crippen LogP contribution in [0.2, 0.25) is 0 Å². The third kappa shape index (κ3) is 5.06. The predicted octanol–water partition coefficient (Wildman–Crippen LogP) is 5.74. The van der Waals surface area contributed by atoms with Crippen molar-refractivity contribution in [2.24, 2.45) is 0 Å². The second-order valence-electron chi connectivity index (χ2n) is 8.83. The highest BCUT2D eigenvalue weighted by atomic mass is 32.2. The van der Waals surface area contributed by atoms with Crippen molar-refractivity contribution in [2.75, 3.05) is 23.7 Å². The molecular weight excluding hydrogens is 507 g/mol. The second-order valence-corrected chi connectivity index (χ2v) is 10.9. The van der Waals surface area contributed by atoms with Crippen LogP contribution in [0, 0.1) is 12.7 Å². The summed E-state index contributed by atoms with van der Waals surface area (Å²) in [4.78, 5) is 29.2. The maximum atomic E-state index is 13.8. The number of nitrogens with one attached hydrogen (secondary N) is 1. The Bertz CT molecular complexity index is 1420. The first-order valence-electron chi connectivity index (χ1n) is 12.1. The molecular formula is C28H27FN4O2S2. The van der Waals surface area contributed by atoms with Crippen LogP contribution >= 0.6 is 23.1 Å². The summed E-state index contributed by atoms with van der Waals surface area (Å²) in [6.07, 6.45) is 0.798. The molecule has 1 aliphatic heterocycles. The number of thiophene rings is 1. The number of aryl methyl sites for hydroxylation is 1. The Morgan fingerprint density at radius 2 is 1.89 bits per heavy atom. The molecule has 6 nitrogen and oxygen atoms in total. The van der Waals surface area contributed by atoms with E-state index in [9.17, 15) is 14.0 Å². The van der Waals surface area contributed by atoms with Gasteiger partial charge in [0.2, 0.25) is 11.8 Å². The van der Waals surface area contributed by atoms with Gasteiger partial charge in [0, 0.05) is 22.5 Å².